The minimum Gasteiger partial charge on any atom is -0.496 e. The van der Waals surface area contributed by atoms with E-state index in [0.29, 0.717) is 36.5 Å². The molecule has 0 bridgehead atoms. The Morgan fingerprint density at radius 1 is 1.17 bits per heavy atom. The van der Waals surface area contributed by atoms with E-state index in [1.807, 2.05) is 12.1 Å². The van der Waals surface area contributed by atoms with Crippen molar-refractivity contribution in [2.75, 3.05) is 19.9 Å². The first-order valence-electron chi connectivity index (χ1n) is 9.39. The Morgan fingerprint density at radius 3 is 2.70 bits per heavy atom. The number of pyridine rings is 1. The van der Waals surface area contributed by atoms with Crippen molar-refractivity contribution in [1.82, 2.24) is 19.9 Å². The quantitative estimate of drug-likeness (QED) is 0.578. The van der Waals surface area contributed by atoms with Gasteiger partial charge in [-0.2, -0.15) is 0 Å². The van der Waals surface area contributed by atoms with Crippen LogP contribution in [0.4, 0.5) is 4.39 Å². The van der Waals surface area contributed by atoms with E-state index in [-0.39, 0.29) is 11.0 Å². The number of ether oxygens (including phenoxy) is 1. The Morgan fingerprint density at radius 2 is 2.00 bits per heavy atom. The van der Waals surface area contributed by atoms with E-state index < -0.39 is 9.84 Å². The van der Waals surface area contributed by atoms with Gasteiger partial charge in [0.2, 0.25) is 15.0 Å². The molecule has 4 rings (SSSR count). The number of benzene rings is 1. The fraction of sp³-hybridized carbons (Fsp3) is 0.286. The van der Waals surface area contributed by atoms with E-state index in [0.717, 1.165) is 29.6 Å². The predicted octanol–water partition coefficient (Wildman–Crippen LogP) is 2.65. The van der Waals surface area contributed by atoms with Crippen LogP contribution in [0.15, 0.2) is 47.9 Å². The van der Waals surface area contributed by atoms with E-state index >= 15 is 0 Å². The lowest BCUT2D eigenvalue weighted by Gasteiger charge is -2.27. The monoisotopic (exact) mass is 428 g/mol. The van der Waals surface area contributed by atoms with Crippen molar-refractivity contribution < 1.29 is 17.5 Å². The number of hydrogen-bond acceptors (Lipinski definition) is 7. The Balaban J connectivity index is 1.48. The summed E-state index contributed by atoms with van der Waals surface area (Å²) in [5, 5.41) is -0.123. The van der Waals surface area contributed by atoms with Crippen LogP contribution in [-0.2, 0) is 29.3 Å². The number of aromatic nitrogens is 3. The summed E-state index contributed by atoms with van der Waals surface area (Å²) >= 11 is 0. The van der Waals surface area contributed by atoms with Crippen molar-refractivity contribution in [3.05, 3.63) is 65.4 Å². The zero-order valence-electron chi connectivity index (χ0n) is 16.7. The Bertz CT molecular complexity index is 1180. The number of methoxy groups -OCH3 is 1. The summed E-state index contributed by atoms with van der Waals surface area (Å²) < 4.78 is 42.2. The SMILES string of the molecule is COc1ccc(F)cc1-c1ccc(CN2CCc3nc(S(C)(=O)=O)ncc3C2)cn1. The summed E-state index contributed by atoms with van der Waals surface area (Å²) in [6.07, 6.45) is 5.15. The maximum absolute atomic E-state index is 13.6. The van der Waals surface area contributed by atoms with Gasteiger partial charge in [-0.1, -0.05) is 6.07 Å². The van der Waals surface area contributed by atoms with E-state index in [1.54, 1.807) is 25.6 Å². The smallest absolute Gasteiger partial charge is 0.246 e. The molecule has 0 fully saturated rings. The molecular weight excluding hydrogens is 407 g/mol. The zero-order valence-corrected chi connectivity index (χ0v) is 17.5. The van der Waals surface area contributed by atoms with Crippen LogP contribution in [0.25, 0.3) is 11.3 Å². The van der Waals surface area contributed by atoms with Gasteiger partial charge in [-0.3, -0.25) is 9.88 Å². The fourth-order valence-electron chi connectivity index (χ4n) is 3.49. The summed E-state index contributed by atoms with van der Waals surface area (Å²) in [7, 11) is -1.87. The van der Waals surface area contributed by atoms with Crippen LogP contribution in [0.1, 0.15) is 16.8 Å². The molecule has 1 aliphatic rings. The molecule has 0 radical (unpaired) electrons. The van der Waals surface area contributed by atoms with Crippen LogP contribution in [0.3, 0.4) is 0 Å². The number of hydrogen-bond donors (Lipinski definition) is 0. The molecule has 0 unspecified atom stereocenters. The average molecular weight is 428 g/mol. The zero-order chi connectivity index (χ0) is 21.3. The van der Waals surface area contributed by atoms with Gasteiger partial charge in [0.1, 0.15) is 11.6 Å². The van der Waals surface area contributed by atoms with E-state index in [1.165, 1.54) is 12.1 Å². The highest BCUT2D eigenvalue weighted by Gasteiger charge is 2.21. The van der Waals surface area contributed by atoms with Crippen LogP contribution in [0.2, 0.25) is 0 Å². The van der Waals surface area contributed by atoms with Crippen molar-refractivity contribution in [2.24, 2.45) is 0 Å². The molecule has 1 aromatic carbocycles. The molecule has 1 aliphatic heterocycles. The van der Waals surface area contributed by atoms with Gasteiger partial charge in [-0.15, -0.1) is 0 Å². The van der Waals surface area contributed by atoms with E-state index in [9.17, 15) is 12.8 Å². The molecule has 0 N–H and O–H groups in total. The van der Waals surface area contributed by atoms with Gasteiger partial charge < -0.3 is 4.74 Å². The van der Waals surface area contributed by atoms with Crippen molar-refractivity contribution in [2.45, 2.75) is 24.7 Å². The van der Waals surface area contributed by atoms with Crippen LogP contribution >= 0.6 is 0 Å². The molecule has 3 heterocycles. The molecule has 3 aromatic rings. The van der Waals surface area contributed by atoms with Crippen LogP contribution in [-0.4, -0.2) is 48.2 Å². The minimum absolute atomic E-state index is 0.123. The van der Waals surface area contributed by atoms with Gasteiger partial charge >= 0.3 is 0 Å². The third kappa shape index (κ3) is 4.31. The second kappa shape index (κ2) is 8.08. The normalized spacial score (nSPS) is 14.4. The second-order valence-corrected chi connectivity index (χ2v) is 9.16. The van der Waals surface area contributed by atoms with E-state index in [2.05, 4.69) is 19.9 Å². The number of halogens is 1. The van der Waals surface area contributed by atoms with Crippen molar-refractivity contribution >= 4 is 9.84 Å². The third-order valence-electron chi connectivity index (χ3n) is 4.99. The van der Waals surface area contributed by atoms with Gasteiger partial charge in [-0.05, 0) is 29.8 Å². The lowest BCUT2D eigenvalue weighted by molar-refractivity contribution is 0.242. The lowest BCUT2D eigenvalue weighted by Crippen LogP contribution is -2.31. The van der Waals surface area contributed by atoms with Crippen LogP contribution in [0.5, 0.6) is 5.75 Å². The van der Waals surface area contributed by atoms with Crippen LogP contribution < -0.4 is 4.74 Å². The Kier molecular flexibility index (Phi) is 5.48. The highest BCUT2D eigenvalue weighted by Crippen LogP contribution is 2.29. The Hall–Kier alpha value is -2.91. The van der Waals surface area contributed by atoms with Crippen molar-refractivity contribution in [3.63, 3.8) is 0 Å². The molecule has 7 nitrogen and oxygen atoms in total. The van der Waals surface area contributed by atoms with Crippen LogP contribution in [0, 0.1) is 5.82 Å². The molecule has 0 atom stereocenters. The molecule has 9 heteroatoms. The number of nitrogens with zero attached hydrogens (tertiary/aromatic N) is 4. The molecule has 0 aliphatic carbocycles. The Labute approximate surface area is 174 Å². The molecular formula is C21H21FN4O3S. The molecule has 156 valence electrons. The highest BCUT2D eigenvalue weighted by atomic mass is 32.2. The van der Waals surface area contributed by atoms with Gasteiger partial charge in [-0.25, -0.2) is 22.8 Å². The van der Waals surface area contributed by atoms with Gasteiger partial charge in [0.15, 0.2) is 0 Å². The number of sulfone groups is 1. The molecule has 30 heavy (non-hydrogen) atoms. The first kappa shape index (κ1) is 20.4. The maximum Gasteiger partial charge on any atom is 0.246 e. The number of rotatable bonds is 5. The standard InChI is InChI=1S/C21H21FN4O3S/c1-29-20-6-4-16(22)9-17(20)19-5-3-14(10-23-19)12-26-8-7-18-15(13-26)11-24-21(25-18)30(2,27)28/h3-6,9-11H,7-8,12-13H2,1-2H3. The first-order chi connectivity index (χ1) is 14.3. The summed E-state index contributed by atoms with van der Waals surface area (Å²) in [4.78, 5) is 14.9. The summed E-state index contributed by atoms with van der Waals surface area (Å²) in [5.74, 6) is 0.225. The van der Waals surface area contributed by atoms with Gasteiger partial charge in [0.05, 0.1) is 18.5 Å². The summed E-state index contributed by atoms with van der Waals surface area (Å²) in [6.45, 7) is 2.08. The minimum atomic E-state index is -3.41. The first-order valence-corrected chi connectivity index (χ1v) is 11.3. The average Bonchev–Trinajstić information content (AvgIpc) is 2.73. The van der Waals surface area contributed by atoms with E-state index in [4.69, 9.17) is 4.74 Å². The van der Waals surface area contributed by atoms with Gasteiger partial charge in [0.25, 0.3) is 0 Å². The fourth-order valence-corrected chi connectivity index (χ4v) is 4.01. The summed E-state index contributed by atoms with van der Waals surface area (Å²) in [6, 6.07) is 8.17. The van der Waals surface area contributed by atoms with Crippen molar-refractivity contribution in [3.8, 4) is 17.0 Å². The molecule has 0 amide bonds. The molecule has 2 aromatic heterocycles. The second-order valence-electron chi connectivity index (χ2n) is 7.25. The molecule has 0 spiro atoms. The third-order valence-corrected chi connectivity index (χ3v) is 5.85. The topological polar surface area (TPSA) is 85.3 Å². The molecule has 0 saturated heterocycles. The largest absolute Gasteiger partial charge is 0.496 e. The molecule has 0 saturated carbocycles. The number of fused-ring (bicyclic) bond motifs is 1. The summed E-state index contributed by atoms with van der Waals surface area (Å²) in [5.41, 5.74) is 3.98. The lowest BCUT2D eigenvalue weighted by atomic mass is 10.1. The highest BCUT2D eigenvalue weighted by molar-refractivity contribution is 7.90. The predicted molar refractivity (Wildman–Crippen MR) is 109 cm³/mol. The van der Waals surface area contributed by atoms with Gasteiger partial charge in [0, 0.05) is 55.8 Å². The van der Waals surface area contributed by atoms with Crippen molar-refractivity contribution in [1.29, 1.82) is 0 Å². The maximum atomic E-state index is 13.6.